The normalized spacial score (nSPS) is 12.1. The molecule has 0 amide bonds. The van der Waals surface area contributed by atoms with Crippen molar-refractivity contribution in [1.29, 1.82) is 0 Å². The average Bonchev–Trinajstić information content (AvgIpc) is 2.82. The van der Waals surface area contributed by atoms with Crippen LogP contribution in [0.1, 0.15) is 16.2 Å². The van der Waals surface area contributed by atoms with Gasteiger partial charge in [0.15, 0.2) is 5.82 Å². The number of aryl methyl sites for hydroxylation is 1. The number of nitrogens with zero attached hydrogens (tertiary/aromatic N) is 4. The van der Waals surface area contributed by atoms with E-state index in [9.17, 15) is 9.90 Å². The van der Waals surface area contributed by atoms with E-state index in [0.29, 0.717) is 17.1 Å². The summed E-state index contributed by atoms with van der Waals surface area (Å²) in [5, 5.41) is 21.2. The summed E-state index contributed by atoms with van der Waals surface area (Å²) in [6, 6.07) is 6.65. The van der Waals surface area contributed by atoms with E-state index in [4.69, 9.17) is 4.74 Å². The van der Waals surface area contributed by atoms with Crippen molar-refractivity contribution in [1.82, 2.24) is 20.2 Å². The molecule has 1 atom stereocenters. The van der Waals surface area contributed by atoms with Gasteiger partial charge in [0.05, 0.1) is 6.54 Å². The van der Waals surface area contributed by atoms with E-state index in [1.807, 2.05) is 0 Å². The molecule has 7 heteroatoms. The van der Waals surface area contributed by atoms with Gasteiger partial charge in [0.25, 0.3) is 0 Å². The van der Waals surface area contributed by atoms with Crippen LogP contribution >= 0.6 is 0 Å². The van der Waals surface area contributed by atoms with Gasteiger partial charge in [0.1, 0.15) is 24.7 Å². The highest BCUT2D eigenvalue weighted by Gasteiger charge is 2.08. The molecule has 0 aliphatic carbocycles. The highest BCUT2D eigenvalue weighted by Crippen LogP contribution is 2.11. The Hall–Kier alpha value is -2.28. The summed E-state index contributed by atoms with van der Waals surface area (Å²) in [4.78, 5) is 11.8. The number of aldehydes is 1. The lowest BCUT2D eigenvalue weighted by Crippen LogP contribution is -2.25. The van der Waals surface area contributed by atoms with Gasteiger partial charge in [0, 0.05) is 5.56 Å². The smallest absolute Gasteiger partial charge is 0.171 e. The number of hydrogen-bond donors (Lipinski definition) is 1. The minimum absolute atomic E-state index is 0.112. The summed E-state index contributed by atoms with van der Waals surface area (Å²) in [6.07, 6.45) is 0.0245. The van der Waals surface area contributed by atoms with E-state index in [0.717, 1.165) is 6.29 Å². The third-order valence-corrected chi connectivity index (χ3v) is 2.39. The molecule has 0 bridgehead atoms. The first-order valence-electron chi connectivity index (χ1n) is 5.78. The van der Waals surface area contributed by atoms with Crippen LogP contribution in [-0.2, 0) is 6.54 Å². The predicted octanol–water partition coefficient (Wildman–Crippen LogP) is 0.234. The van der Waals surface area contributed by atoms with Crippen molar-refractivity contribution in [3.05, 3.63) is 35.7 Å². The van der Waals surface area contributed by atoms with E-state index < -0.39 is 6.10 Å². The number of benzene rings is 1. The van der Waals surface area contributed by atoms with Crippen LogP contribution in [0.3, 0.4) is 0 Å². The average molecular weight is 262 g/mol. The summed E-state index contributed by atoms with van der Waals surface area (Å²) in [5.74, 6) is 1.14. The molecule has 0 aliphatic heterocycles. The quantitative estimate of drug-likeness (QED) is 0.750. The van der Waals surface area contributed by atoms with E-state index in [1.54, 1.807) is 31.2 Å². The van der Waals surface area contributed by atoms with Gasteiger partial charge in [-0.1, -0.05) is 0 Å². The molecule has 19 heavy (non-hydrogen) atoms. The maximum Gasteiger partial charge on any atom is 0.171 e. The van der Waals surface area contributed by atoms with E-state index >= 15 is 0 Å². The second-order valence-electron chi connectivity index (χ2n) is 4.04. The lowest BCUT2D eigenvalue weighted by atomic mass is 10.2. The first kappa shape index (κ1) is 13.2. The molecule has 1 heterocycles. The van der Waals surface area contributed by atoms with Crippen LogP contribution in [0.25, 0.3) is 0 Å². The molecule has 7 nitrogen and oxygen atoms in total. The molecular formula is C12H14N4O3. The maximum absolute atomic E-state index is 10.5. The van der Waals surface area contributed by atoms with Crippen LogP contribution in [0, 0.1) is 6.92 Å². The summed E-state index contributed by atoms with van der Waals surface area (Å²) in [6.45, 7) is 2.05. The number of carbonyl (C=O) groups excluding carboxylic acids is 1. The van der Waals surface area contributed by atoms with Crippen molar-refractivity contribution in [3.8, 4) is 5.75 Å². The summed E-state index contributed by atoms with van der Waals surface area (Å²) in [7, 11) is 0. The van der Waals surface area contributed by atoms with Gasteiger partial charge in [-0.05, 0) is 36.4 Å². The standard InChI is InChI=1S/C12H14N4O3/c1-9-13-15-16(14-9)6-11(18)8-19-12-4-2-10(7-17)3-5-12/h2-5,7,11,18H,6,8H2,1H3/t11-/m1/s1. The molecule has 0 unspecified atom stereocenters. The fourth-order valence-electron chi connectivity index (χ4n) is 1.48. The second kappa shape index (κ2) is 6.05. The molecule has 0 radical (unpaired) electrons. The number of hydrogen-bond acceptors (Lipinski definition) is 6. The first-order valence-corrected chi connectivity index (χ1v) is 5.78. The van der Waals surface area contributed by atoms with Gasteiger partial charge in [-0.15, -0.1) is 10.2 Å². The third kappa shape index (κ3) is 3.85. The van der Waals surface area contributed by atoms with Crippen molar-refractivity contribution >= 4 is 6.29 Å². The molecule has 0 fully saturated rings. The number of tetrazole rings is 1. The molecular weight excluding hydrogens is 248 g/mol. The van der Waals surface area contributed by atoms with Crippen molar-refractivity contribution < 1.29 is 14.6 Å². The molecule has 1 N–H and O–H groups in total. The maximum atomic E-state index is 10.5. The van der Waals surface area contributed by atoms with Gasteiger partial charge < -0.3 is 9.84 Å². The lowest BCUT2D eigenvalue weighted by molar-refractivity contribution is 0.0849. The number of aromatic nitrogens is 4. The summed E-state index contributed by atoms with van der Waals surface area (Å²) >= 11 is 0. The Morgan fingerprint density at radius 2 is 2.16 bits per heavy atom. The van der Waals surface area contributed by atoms with Crippen LogP contribution in [0.5, 0.6) is 5.75 Å². The fourth-order valence-corrected chi connectivity index (χ4v) is 1.48. The first-order chi connectivity index (χ1) is 9.17. The monoisotopic (exact) mass is 262 g/mol. The Bertz CT molecular complexity index is 538. The molecule has 1 aromatic carbocycles. The Balaban J connectivity index is 1.82. The highest BCUT2D eigenvalue weighted by atomic mass is 16.5. The van der Waals surface area contributed by atoms with Gasteiger partial charge >= 0.3 is 0 Å². The van der Waals surface area contributed by atoms with E-state index in [-0.39, 0.29) is 13.2 Å². The second-order valence-corrected chi connectivity index (χ2v) is 4.04. The molecule has 100 valence electrons. The van der Waals surface area contributed by atoms with Crippen LogP contribution < -0.4 is 4.74 Å². The number of carbonyl (C=O) groups is 1. The zero-order valence-corrected chi connectivity index (χ0v) is 10.4. The molecule has 0 saturated carbocycles. The molecule has 2 rings (SSSR count). The molecule has 0 spiro atoms. The van der Waals surface area contributed by atoms with Crippen molar-refractivity contribution in [2.45, 2.75) is 19.6 Å². The number of rotatable bonds is 6. The highest BCUT2D eigenvalue weighted by molar-refractivity contribution is 5.74. The summed E-state index contributed by atoms with van der Waals surface area (Å²) in [5.41, 5.74) is 0.579. The van der Waals surface area contributed by atoms with Crippen LogP contribution in [-0.4, -0.2) is 44.3 Å². The predicted molar refractivity (Wildman–Crippen MR) is 65.9 cm³/mol. The topological polar surface area (TPSA) is 90.1 Å². The van der Waals surface area contributed by atoms with Crippen LogP contribution in [0.2, 0.25) is 0 Å². The van der Waals surface area contributed by atoms with E-state index in [2.05, 4.69) is 15.4 Å². The SMILES string of the molecule is Cc1nnn(C[C@@H](O)COc2ccc(C=O)cc2)n1. The zero-order valence-electron chi connectivity index (χ0n) is 10.4. The van der Waals surface area contributed by atoms with Gasteiger partial charge in [-0.2, -0.15) is 4.80 Å². The summed E-state index contributed by atoms with van der Waals surface area (Å²) < 4.78 is 5.39. The fraction of sp³-hybridized carbons (Fsp3) is 0.333. The Labute approximate surface area is 109 Å². The van der Waals surface area contributed by atoms with Crippen molar-refractivity contribution in [2.24, 2.45) is 0 Å². The Kier molecular flexibility index (Phi) is 4.19. The van der Waals surface area contributed by atoms with Crippen LogP contribution in [0.4, 0.5) is 0 Å². The number of aliphatic hydroxyl groups is 1. The van der Waals surface area contributed by atoms with Gasteiger partial charge in [0.2, 0.25) is 0 Å². The zero-order chi connectivity index (χ0) is 13.7. The van der Waals surface area contributed by atoms with Crippen molar-refractivity contribution in [3.63, 3.8) is 0 Å². The number of ether oxygens (including phenoxy) is 1. The third-order valence-electron chi connectivity index (χ3n) is 2.39. The van der Waals surface area contributed by atoms with Gasteiger partial charge in [-0.25, -0.2) is 0 Å². The molecule has 1 aromatic heterocycles. The largest absolute Gasteiger partial charge is 0.491 e. The van der Waals surface area contributed by atoms with Crippen molar-refractivity contribution in [2.75, 3.05) is 6.61 Å². The molecule has 0 saturated heterocycles. The Morgan fingerprint density at radius 1 is 1.42 bits per heavy atom. The van der Waals surface area contributed by atoms with Crippen LogP contribution in [0.15, 0.2) is 24.3 Å². The number of aliphatic hydroxyl groups excluding tert-OH is 1. The van der Waals surface area contributed by atoms with Gasteiger partial charge in [-0.3, -0.25) is 4.79 Å². The minimum Gasteiger partial charge on any atom is -0.491 e. The minimum atomic E-state index is -0.737. The van der Waals surface area contributed by atoms with E-state index in [1.165, 1.54) is 4.80 Å². The molecule has 0 aliphatic rings. The Morgan fingerprint density at radius 3 is 2.74 bits per heavy atom. The molecule has 2 aromatic rings. The lowest BCUT2D eigenvalue weighted by Gasteiger charge is -2.11.